The van der Waals surface area contributed by atoms with E-state index in [-0.39, 0.29) is 5.56 Å². The van der Waals surface area contributed by atoms with E-state index in [0.717, 1.165) is 4.90 Å². The van der Waals surface area contributed by atoms with Gasteiger partial charge in [0, 0.05) is 10.6 Å². The summed E-state index contributed by atoms with van der Waals surface area (Å²) in [6.07, 6.45) is 1.95. The van der Waals surface area contributed by atoms with Crippen LogP contribution >= 0.6 is 11.8 Å². The second kappa shape index (κ2) is 8.98. The number of methoxy groups -OCH3 is 2. The van der Waals surface area contributed by atoms with Gasteiger partial charge in [-0.3, -0.25) is 4.79 Å². The number of hydrogen-bond donors (Lipinski definition) is 1. The van der Waals surface area contributed by atoms with Gasteiger partial charge < -0.3 is 19.5 Å². The molecule has 0 spiro atoms. The summed E-state index contributed by atoms with van der Waals surface area (Å²) in [4.78, 5) is 25.3. The van der Waals surface area contributed by atoms with Crippen LogP contribution in [0, 0.1) is 0 Å². The summed E-state index contributed by atoms with van der Waals surface area (Å²) >= 11 is 1.57. The van der Waals surface area contributed by atoms with Gasteiger partial charge >= 0.3 is 5.97 Å². The molecule has 132 valence electrons. The number of benzene rings is 2. The predicted octanol–water partition coefficient (Wildman–Crippen LogP) is 3.22. The Morgan fingerprint density at radius 1 is 1.04 bits per heavy atom. The van der Waals surface area contributed by atoms with Crippen molar-refractivity contribution < 1.29 is 23.8 Å². The van der Waals surface area contributed by atoms with Gasteiger partial charge in [-0.05, 0) is 36.6 Å². The minimum absolute atomic E-state index is 0.143. The van der Waals surface area contributed by atoms with E-state index in [9.17, 15) is 9.59 Å². The van der Waals surface area contributed by atoms with E-state index in [4.69, 9.17) is 14.2 Å². The van der Waals surface area contributed by atoms with Crippen molar-refractivity contribution in [3.63, 3.8) is 0 Å². The minimum Gasteiger partial charge on any atom is -0.496 e. The highest BCUT2D eigenvalue weighted by Crippen LogP contribution is 2.28. The van der Waals surface area contributed by atoms with Gasteiger partial charge in [0.25, 0.3) is 5.91 Å². The molecule has 25 heavy (non-hydrogen) atoms. The number of esters is 1. The monoisotopic (exact) mass is 361 g/mol. The van der Waals surface area contributed by atoms with Gasteiger partial charge in [0.15, 0.2) is 6.61 Å². The Bertz CT molecular complexity index is 741. The first-order chi connectivity index (χ1) is 12.1. The van der Waals surface area contributed by atoms with Crippen LogP contribution in [-0.2, 0) is 9.53 Å². The van der Waals surface area contributed by atoms with Crippen LogP contribution in [0.3, 0.4) is 0 Å². The van der Waals surface area contributed by atoms with Crippen LogP contribution in [0.2, 0.25) is 0 Å². The van der Waals surface area contributed by atoms with Crippen molar-refractivity contribution in [2.45, 2.75) is 4.90 Å². The lowest BCUT2D eigenvalue weighted by Crippen LogP contribution is -2.21. The highest BCUT2D eigenvalue weighted by molar-refractivity contribution is 7.98. The zero-order valence-electron chi connectivity index (χ0n) is 14.2. The van der Waals surface area contributed by atoms with Crippen molar-refractivity contribution in [2.24, 2.45) is 0 Å². The van der Waals surface area contributed by atoms with E-state index in [1.165, 1.54) is 14.2 Å². The molecule has 2 rings (SSSR count). The van der Waals surface area contributed by atoms with Crippen LogP contribution in [0.15, 0.2) is 47.4 Å². The first-order valence-corrected chi connectivity index (χ1v) is 8.63. The second-order valence-corrected chi connectivity index (χ2v) is 5.77. The fourth-order valence-electron chi connectivity index (χ4n) is 2.15. The van der Waals surface area contributed by atoms with Crippen molar-refractivity contribution >= 4 is 29.3 Å². The molecule has 1 N–H and O–H groups in total. The molecular weight excluding hydrogens is 342 g/mol. The average Bonchev–Trinajstić information content (AvgIpc) is 2.65. The van der Waals surface area contributed by atoms with Gasteiger partial charge in [0.2, 0.25) is 0 Å². The van der Waals surface area contributed by atoms with Crippen molar-refractivity contribution in [1.82, 2.24) is 0 Å². The molecule has 0 bridgehead atoms. The smallest absolute Gasteiger partial charge is 0.346 e. The van der Waals surface area contributed by atoms with Gasteiger partial charge in [0.05, 0.1) is 14.2 Å². The summed E-state index contributed by atoms with van der Waals surface area (Å²) in [5.74, 6) is -0.488. The van der Waals surface area contributed by atoms with Crippen LogP contribution in [0.4, 0.5) is 5.69 Å². The standard InChI is InChI=1S/C18H19NO5S/c1-22-14-8-5-9-15(23-2)17(14)18(21)24-11-16(20)19-12-6-4-7-13(10-12)25-3/h4-10H,11H2,1-3H3,(H,19,20). The molecule has 0 aliphatic carbocycles. The summed E-state index contributed by atoms with van der Waals surface area (Å²) in [5, 5.41) is 2.69. The molecule has 0 aliphatic rings. The lowest BCUT2D eigenvalue weighted by Gasteiger charge is -2.12. The molecule has 2 aromatic rings. The number of rotatable bonds is 7. The molecule has 1 amide bonds. The van der Waals surface area contributed by atoms with Gasteiger partial charge in [-0.2, -0.15) is 0 Å². The largest absolute Gasteiger partial charge is 0.496 e. The van der Waals surface area contributed by atoms with Crippen molar-refractivity contribution in [1.29, 1.82) is 0 Å². The first-order valence-electron chi connectivity index (χ1n) is 7.41. The third kappa shape index (κ3) is 4.90. The second-order valence-electron chi connectivity index (χ2n) is 4.89. The van der Waals surface area contributed by atoms with Crippen molar-refractivity contribution in [3.05, 3.63) is 48.0 Å². The molecule has 0 radical (unpaired) electrons. The maximum atomic E-state index is 12.3. The maximum Gasteiger partial charge on any atom is 0.346 e. The molecule has 0 atom stereocenters. The minimum atomic E-state index is -0.692. The highest BCUT2D eigenvalue weighted by atomic mass is 32.2. The Kier molecular flexibility index (Phi) is 6.71. The first kappa shape index (κ1) is 18.7. The van der Waals surface area contributed by atoms with Crippen LogP contribution in [0.25, 0.3) is 0 Å². The lowest BCUT2D eigenvalue weighted by molar-refractivity contribution is -0.119. The third-order valence-electron chi connectivity index (χ3n) is 3.32. The number of carbonyl (C=O) groups is 2. The topological polar surface area (TPSA) is 73.9 Å². The summed E-state index contributed by atoms with van der Waals surface area (Å²) in [6.45, 7) is -0.413. The number of thioether (sulfide) groups is 1. The number of ether oxygens (including phenoxy) is 3. The van der Waals surface area contributed by atoms with E-state index in [2.05, 4.69) is 5.32 Å². The van der Waals surface area contributed by atoms with E-state index in [1.807, 2.05) is 24.5 Å². The number of carbonyl (C=O) groups excluding carboxylic acids is 2. The normalized spacial score (nSPS) is 10.0. The Morgan fingerprint density at radius 3 is 2.28 bits per heavy atom. The molecule has 0 saturated heterocycles. The highest BCUT2D eigenvalue weighted by Gasteiger charge is 2.20. The zero-order chi connectivity index (χ0) is 18.2. The van der Waals surface area contributed by atoms with E-state index >= 15 is 0 Å². The number of anilines is 1. The zero-order valence-corrected chi connectivity index (χ0v) is 15.0. The number of amides is 1. The van der Waals surface area contributed by atoms with Gasteiger partial charge in [-0.1, -0.05) is 12.1 Å². The Hall–Kier alpha value is -2.67. The lowest BCUT2D eigenvalue weighted by atomic mass is 10.2. The molecule has 0 unspecified atom stereocenters. The number of hydrogen-bond acceptors (Lipinski definition) is 6. The Balaban J connectivity index is 2.01. The summed E-state index contributed by atoms with van der Waals surface area (Å²) in [5.41, 5.74) is 0.785. The van der Waals surface area contributed by atoms with Crippen LogP contribution in [0.5, 0.6) is 11.5 Å². The van der Waals surface area contributed by atoms with Gasteiger partial charge in [-0.15, -0.1) is 11.8 Å². The maximum absolute atomic E-state index is 12.3. The van der Waals surface area contributed by atoms with E-state index in [1.54, 1.807) is 36.0 Å². The molecule has 0 heterocycles. The van der Waals surface area contributed by atoms with Crippen LogP contribution in [-0.4, -0.2) is 39.0 Å². The van der Waals surface area contributed by atoms with E-state index in [0.29, 0.717) is 17.2 Å². The summed E-state index contributed by atoms with van der Waals surface area (Å²) in [6, 6.07) is 12.3. The van der Waals surface area contributed by atoms with Crippen LogP contribution < -0.4 is 14.8 Å². The van der Waals surface area contributed by atoms with Crippen molar-refractivity contribution in [2.75, 3.05) is 32.4 Å². The Morgan fingerprint density at radius 2 is 1.68 bits per heavy atom. The SMILES string of the molecule is COc1cccc(OC)c1C(=O)OCC(=O)Nc1cccc(SC)c1. The van der Waals surface area contributed by atoms with Gasteiger partial charge in [0.1, 0.15) is 17.1 Å². The molecular formula is C18H19NO5S. The molecule has 0 saturated carbocycles. The molecule has 0 fully saturated rings. The van der Waals surface area contributed by atoms with E-state index < -0.39 is 18.5 Å². The van der Waals surface area contributed by atoms with Crippen LogP contribution in [0.1, 0.15) is 10.4 Å². The molecule has 2 aromatic carbocycles. The third-order valence-corrected chi connectivity index (χ3v) is 4.05. The molecule has 0 aliphatic heterocycles. The van der Waals surface area contributed by atoms with Gasteiger partial charge in [-0.25, -0.2) is 4.79 Å². The predicted molar refractivity (Wildman–Crippen MR) is 96.7 cm³/mol. The fraction of sp³-hybridized carbons (Fsp3) is 0.222. The molecule has 6 nitrogen and oxygen atoms in total. The molecule has 0 aromatic heterocycles. The quantitative estimate of drug-likeness (QED) is 0.603. The summed E-state index contributed by atoms with van der Waals surface area (Å²) < 4.78 is 15.4. The fourth-order valence-corrected chi connectivity index (χ4v) is 2.61. The summed E-state index contributed by atoms with van der Waals surface area (Å²) in [7, 11) is 2.88. The number of nitrogens with one attached hydrogen (secondary N) is 1. The Labute approximate surface area is 150 Å². The molecule has 7 heteroatoms. The average molecular weight is 361 g/mol. The van der Waals surface area contributed by atoms with Crippen molar-refractivity contribution in [3.8, 4) is 11.5 Å².